The molecule has 0 unspecified atom stereocenters. The average molecular weight is 259 g/mol. The molecule has 4 heteroatoms. The van der Waals surface area contributed by atoms with E-state index in [2.05, 4.69) is 9.97 Å². The third kappa shape index (κ3) is 1.93. The highest BCUT2D eigenvalue weighted by Crippen LogP contribution is 2.26. The highest BCUT2D eigenvalue weighted by molar-refractivity contribution is 6.30. The van der Waals surface area contributed by atoms with Crippen LogP contribution in [0.2, 0.25) is 5.02 Å². The van der Waals surface area contributed by atoms with Gasteiger partial charge < -0.3 is 9.40 Å². The Hall–Kier alpha value is -2.00. The van der Waals surface area contributed by atoms with Gasteiger partial charge in [-0.3, -0.25) is 0 Å². The fourth-order valence-corrected chi connectivity index (χ4v) is 2.01. The summed E-state index contributed by atoms with van der Waals surface area (Å²) in [6.07, 6.45) is 1.63. The summed E-state index contributed by atoms with van der Waals surface area (Å²) < 4.78 is 5.33. The van der Waals surface area contributed by atoms with E-state index in [-0.39, 0.29) is 0 Å². The summed E-state index contributed by atoms with van der Waals surface area (Å²) >= 11 is 5.88. The molecule has 0 aliphatic carbocycles. The number of hydrogen-bond donors (Lipinski definition) is 1. The number of imidazole rings is 1. The van der Waals surface area contributed by atoms with E-state index >= 15 is 0 Å². The van der Waals surface area contributed by atoms with E-state index in [1.54, 1.807) is 6.26 Å². The molecule has 2 heterocycles. The molecular formula is C14H11ClN2O. The van der Waals surface area contributed by atoms with Crippen molar-refractivity contribution in [3.05, 3.63) is 53.4 Å². The van der Waals surface area contributed by atoms with Crippen LogP contribution in [0.3, 0.4) is 0 Å². The molecule has 1 N–H and O–H groups in total. The molecule has 0 fully saturated rings. The lowest BCUT2D eigenvalue weighted by Gasteiger charge is -1.98. The highest BCUT2D eigenvalue weighted by atomic mass is 35.5. The first-order valence-corrected chi connectivity index (χ1v) is 5.98. The van der Waals surface area contributed by atoms with Gasteiger partial charge in [-0.2, -0.15) is 0 Å². The van der Waals surface area contributed by atoms with E-state index in [9.17, 15) is 0 Å². The van der Waals surface area contributed by atoms with Gasteiger partial charge in [-0.15, -0.1) is 0 Å². The van der Waals surface area contributed by atoms with Crippen molar-refractivity contribution >= 4 is 11.6 Å². The summed E-state index contributed by atoms with van der Waals surface area (Å²) in [4.78, 5) is 7.78. The van der Waals surface area contributed by atoms with E-state index in [0.29, 0.717) is 0 Å². The van der Waals surface area contributed by atoms with Gasteiger partial charge in [-0.25, -0.2) is 4.98 Å². The summed E-state index contributed by atoms with van der Waals surface area (Å²) in [6, 6.07) is 11.4. The minimum absolute atomic E-state index is 0.721. The van der Waals surface area contributed by atoms with E-state index in [0.717, 1.165) is 33.6 Å². The number of hydrogen-bond acceptors (Lipinski definition) is 2. The molecular weight excluding hydrogens is 248 g/mol. The Balaban J connectivity index is 2.06. The second kappa shape index (κ2) is 4.35. The fraction of sp³-hybridized carbons (Fsp3) is 0.0714. The van der Waals surface area contributed by atoms with Gasteiger partial charge in [0.05, 0.1) is 12.0 Å². The lowest BCUT2D eigenvalue weighted by atomic mass is 10.1. The molecule has 18 heavy (non-hydrogen) atoms. The van der Waals surface area contributed by atoms with Crippen molar-refractivity contribution in [3.63, 3.8) is 0 Å². The predicted octanol–water partition coefficient (Wildman–Crippen LogP) is 4.30. The van der Waals surface area contributed by atoms with E-state index in [1.807, 2.05) is 43.3 Å². The predicted molar refractivity (Wildman–Crippen MR) is 71.5 cm³/mol. The number of rotatable bonds is 2. The largest absolute Gasteiger partial charge is 0.461 e. The number of halogens is 1. The SMILES string of the molecule is Cc1[nH]c(-c2ccco2)nc1-c1ccc(Cl)cc1. The van der Waals surface area contributed by atoms with Crippen LogP contribution in [-0.2, 0) is 0 Å². The molecule has 0 saturated heterocycles. The maximum atomic E-state index is 5.88. The lowest BCUT2D eigenvalue weighted by Crippen LogP contribution is -1.80. The van der Waals surface area contributed by atoms with Gasteiger partial charge >= 0.3 is 0 Å². The third-order valence-corrected chi connectivity index (χ3v) is 3.01. The molecule has 0 aliphatic rings. The molecule has 1 aromatic carbocycles. The molecule has 0 spiro atoms. The molecule has 0 bridgehead atoms. The van der Waals surface area contributed by atoms with Crippen molar-refractivity contribution < 1.29 is 4.42 Å². The summed E-state index contributed by atoms with van der Waals surface area (Å²) in [5.41, 5.74) is 2.95. The molecule has 3 aromatic rings. The van der Waals surface area contributed by atoms with Crippen LogP contribution in [0.25, 0.3) is 22.8 Å². The number of nitrogens with one attached hydrogen (secondary N) is 1. The Bertz CT molecular complexity index is 654. The second-order valence-corrected chi connectivity index (χ2v) is 4.48. The fourth-order valence-electron chi connectivity index (χ4n) is 1.88. The maximum Gasteiger partial charge on any atom is 0.174 e. The van der Waals surface area contributed by atoms with Crippen LogP contribution in [0.1, 0.15) is 5.69 Å². The molecule has 0 radical (unpaired) electrons. The Kier molecular flexibility index (Phi) is 2.68. The normalized spacial score (nSPS) is 10.8. The van der Waals surface area contributed by atoms with Crippen molar-refractivity contribution in [2.75, 3.05) is 0 Å². The first kappa shape index (κ1) is 11.1. The van der Waals surface area contributed by atoms with Crippen LogP contribution in [0.4, 0.5) is 0 Å². The topological polar surface area (TPSA) is 41.8 Å². The van der Waals surface area contributed by atoms with Crippen molar-refractivity contribution in [1.29, 1.82) is 0 Å². The average Bonchev–Trinajstić information content (AvgIpc) is 2.99. The van der Waals surface area contributed by atoms with Gasteiger partial charge in [0.2, 0.25) is 0 Å². The summed E-state index contributed by atoms with van der Waals surface area (Å²) in [5.74, 6) is 1.47. The number of aromatic amines is 1. The summed E-state index contributed by atoms with van der Waals surface area (Å²) in [6.45, 7) is 1.99. The molecule has 2 aromatic heterocycles. The van der Waals surface area contributed by atoms with Crippen LogP contribution >= 0.6 is 11.6 Å². The Morgan fingerprint density at radius 2 is 1.94 bits per heavy atom. The number of benzene rings is 1. The van der Waals surface area contributed by atoms with Crippen LogP contribution in [0, 0.1) is 6.92 Å². The van der Waals surface area contributed by atoms with Crippen LogP contribution in [-0.4, -0.2) is 9.97 Å². The molecule has 0 atom stereocenters. The van der Waals surface area contributed by atoms with E-state index < -0.39 is 0 Å². The van der Waals surface area contributed by atoms with Gasteiger partial charge in [0.15, 0.2) is 11.6 Å². The van der Waals surface area contributed by atoms with Gasteiger partial charge in [-0.05, 0) is 31.2 Å². The highest BCUT2D eigenvalue weighted by Gasteiger charge is 2.11. The molecule has 0 aliphatic heterocycles. The minimum Gasteiger partial charge on any atom is -0.461 e. The maximum absolute atomic E-state index is 5.88. The zero-order valence-corrected chi connectivity index (χ0v) is 10.5. The smallest absolute Gasteiger partial charge is 0.174 e. The van der Waals surface area contributed by atoms with E-state index in [4.69, 9.17) is 16.0 Å². The van der Waals surface area contributed by atoms with E-state index in [1.165, 1.54) is 0 Å². The standard InChI is InChI=1S/C14H11ClN2O/c1-9-13(10-4-6-11(15)7-5-10)17-14(16-9)12-3-2-8-18-12/h2-8H,1H3,(H,16,17). The van der Waals surface area contributed by atoms with Gasteiger partial charge in [0, 0.05) is 16.3 Å². The number of H-pyrrole nitrogens is 1. The summed E-state index contributed by atoms with van der Waals surface area (Å²) in [7, 11) is 0. The van der Waals surface area contributed by atoms with Crippen molar-refractivity contribution in [1.82, 2.24) is 9.97 Å². The first-order chi connectivity index (χ1) is 8.74. The molecule has 3 rings (SSSR count). The van der Waals surface area contributed by atoms with Crippen LogP contribution < -0.4 is 0 Å². The number of nitrogens with zero attached hydrogens (tertiary/aromatic N) is 1. The number of aromatic nitrogens is 2. The monoisotopic (exact) mass is 258 g/mol. The minimum atomic E-state index is 0.721. The zero-order chi connectivity index (χ0) is 12.5. The molecule has 90 valence electrons. The van der Waals surface area contributed by atoms with Gasteiger partial charge in [0.25, 0.3) is 0 Å². The van der Waals surface area contributed by atoms with Gasteiger partial charge in [0.1, 0.15) is 0 Å². The third-order valence-electron chi connectivity index (χ3n) is 2.76. The van der Waals surface area contributed by atoms with Crippen LogP contribution in [0.15, 0.2) is 47.1 Å². The quantitative estimate of drug-likeness (QED) is 0.745. The Labute approximate surface area is 109 Å². The Morgan fingerprint density at radius 3 is 2.61 bits per heavy atom. The van der Waals surface area contributed by atoms with Crippen molar-refractivity contribution in [2.24, 2.45) is 0 Å². The van der Waals surface area contributed by atoms with Gasteiger partial charge in [-0.1, -0.05) is 23.7 Å². The zero-order valence-electron chi connectivity index (χ0n) is 9.77. The molecule has 3 nitrogen and oxygen atoms in total. The second-order valence-electron chi connectivity index (χ2n) is 4.04. The van der Waals surface area contributed by atoms with Crippen molar-refractivity contribution in [2.45, 2.75) is 6.92 Å². The Morgan fingerprint density at radius 1 is 1.17 bits per heavy atom. The summed E-state index contributed by atoms with van der Waals surface area (Å²) in [5, 5.41) is 0.721. The molecule has 0 amide bonds. The molecule has 0 saturated carbocycles. The lowest BCUT2D eigenvalue weighted by molar-refractivity contribution is 0.578. The first-order valence-electron chi connectivity index (χ1n) is 5.60. The number of aryl methyl sites for hydroxylation is 1. The van der Waals surface area contributed by atoms with Crippen molar-refractivity contribution in [3.8, 4) is 22.8 Å². The number of furan rings is 1. The van der Waals surface area contributed by atoms with Crippen LogP contribution in [0.5, 0.6) is 0 Å².